The average Bonchev–Trinajstić information content (AvgIpc) is 2.81. The minimum atomic E-state index is -0.423. The van der Waals surface area contributed by atoms with Gasteiger partial charge in [-0.15, -0.1) is 0 Å². The summed E-state index contributed by atoms with van der Waals surface area (Å²) in [5.41, 5.74) is 6.85. The van der Waals surface area contributed by atoms with Crippen molar-refractivity contribution in [3.63, 3.8) is 0 Å². The minimum absolute atomic E-state index is 0.00908. The molecule has 0 saturated carbocycles. The van der Waals surface area contributed by atoms with Gasteiger partial charge in [0.1, 0.15) is 11.3 Å². The van der Waals surface area contributed by atoms with E-state index in [4.69, 9.17) is 22.1 Å². The number of carbonyl (C=O) groups excluding carboxylic acids is 1. The molecule has 18 heavy (non-hydrogen) atoms. The van der Waals surface area contributed by atoms with Gasteiger partial charge in [-0.25, -0.2) is 4.98 Å². The minimum Gasteiger partial charge on any atom is -0.364 e. The number of hydrogen-bond acceptors (Lipinski definition) is 4. The number of carbonyl (C=O) groups is 1. The number of nitrogens with zero attached hydrogens (tertiary/aromatic N) is 1. The summed E-state index contributed by atoms with van der Waals surface area (Å²) >= 11 is 5.76. The number of aromatic nitrogens is 1. The lowest BCUT2D eigenvalue weighted by molar-refractivity contribution is -0.126. The number of rotatable bonds is 3. The number of halogens is 1. The first-order chi connectivity index (χ1) is 8.60. The van der Waals surface area contributed by atoms with E-state index in [1.54, 1.807) is 19.1 Å². The number of nitrogens with two attached hydrogens (primary N) is 1. The third-order valence-corrected chi connectivity index (χ3v) is 3.18. The van der Waals surface area contributed by atoms with Crippen molar-refractivity contribution in [2.75, 3.05) is 11.9 Å². The Morgan fingerprint density at radius 3 is 3.00 bits per heavy atom. The lowest BCUT2D eigenvalue weighted by atomic mass is 10.2. The molecule has 3 N–H and O–H groups in total. The van der Waals surface area contributed by atoms with Crippen LogP contribution in [0, 0.1) is 6.92 Å². The lowest BCUT2D eigenvalue weighted by Gasteiger charge is -2.13. The van der Waals surface area contributed by atoms with Crippen LogP contribution < -0.4 is 11.1 Å². The van der Waals surface area contributed by atoms with E-state index in [-0.39, 0.29) is 12.0 Å². The van der Waals surface area contributed by atoms with Crippen LogP contribution in [0.2, 0.25) is 5.15 Å². The zero-order chi connectivity index (χ0) is 13.1. The van der Waals surface area contributed by atoms with Gasteiger partial charge >= 0.3 is 0 Å². The number of pyridine rings is 1. The Hall–Kier alpha value is -1.17. The van der Waals surface area contributed by atoms with Gasteiger partial charge in [0.25, 0.3) is 5.91 Å². The zero-order valence-electron chi connectivity index (χ0n) is 10.1. The summed E-state index contributed by atoms with van der Waals surface area (Å²) in [6.45, 7) is 2.24. The van der Waals surface area contributed by atoms with Crippen LogP contribution in [0.5, 0.6) is 0 Å². The summed E-state index contributed by atoms with van der Waals surface area (Å²) in [6, 6.07) is 3.38. The molecule has 0 spiro atoms. The number of aryl methyl sites for hydroxylation is 1. The SMILES string of the molecule is Cc1nc(Cl)ccc1NC(=O)C1CCC(CN)O1. The van der Waals surface area contributed by atoms with Crippen molar-refractivity contribution in [1.82, 2.24) is 4.98 Å². The lowest BCUT2D eigenvalue weighted by Crippen LogP contribution is -2.30. The van der Waals surface area contributed by atoms with Crippen LogP contribution in [0.25, 0.3) is 0 Å². The molecule has 1 saturated heterocycles. The van der Waals surface area contributed by atoms with Gasteiger partial charge in [-0.2, -0.15) is 0 Å². The van der Waals surface area contributed by atoms with Gasteiger partial charge in [0.05, 0.1) is 17.5 Å². The molecule has 1 aromatic rings. The summed E-state index contributed by atoms with van der Waals surface area (Å²) in [5.74, 6) is -0.154. The van der Waals surface area contributed by atoms with Crippen molar-refractivity contribution in [1.29, 1.82) is 0 Å². The molecule has 2 unspecified atom stereocenters. The molecule has 98 valence electrons. The quantitative estimate of drug-likeness (QED) is 0.815. The smallest absolute Gasteiger partial charge is 0.253 e. The highest BCUT2D eigenvalue weighted by atomic mass is 35.5. The van der Waals surface area contributed by atoms with Gasteiger partial charge in [-0.1, -0.05) is 11.6 Å². The van der Waals surface area contributed by atoms with Crippen molar-refractivity contribution in [3.8, 4) is 0 Å². The molecule has 2 rings (SSSR count). The van der Waals surface area contributed by atoms with E-state index < -0.39 is 6.10 Å². The molecule has 0 aromatic carbocycles. The summed E-state index contributed by atoms with van der Waals surface area (Å²) in [5, 5.41) is 3.21. The van der Waals surface area contributed by atoms with E-state index in [0.29, 0.717) is 29.5 Å². The largest absolute Gasteiger partial charge is 0.364 e. The van der Waals surface area contributed by atoms with Gasteiger partial charge in [-0.05, 0) is 31.9 Å². The Bertz CT molecular complexity index is 453. The molecule has 0 bridgehead atoms. The van der Waals surface area contributed by atoms with E-state index in [1.165, 1.54) is 0 Å². The Morgan fingerprint density at radius 1 is 1.61 bits per heavy atom. The zero-order valence-corrected chi connectivity index (χ0v) is 10.9. The summed E-state index contributed by atoms with van der Waals surface area (Å²) in [7, 11) is 0. The van der Waals surface area contributed by atoms with Gasteiger partial charge in [0.2, 0.25) is 0 Å². The number of amides is 1. The predicted octanol–water partition coefficient (Wildman–Crippen LogP) is 1.49. The molecular formula is C12H16ClN3O2. The fraction of sp³-hybridized carbons (Fsp3) is 0.500. The molecule has 1 fully saturated rings. The normalized spacial score (nSPS) is 23.1. The van der Waals surface area contributed by atoms with E-state index >= 15 is 0 Å². The van der Waals surface area contributed by atoms with Crippen molar-refractivity contribution in [3.05, 3.63) is 23.0 Å². The molecular weight excluding hydrogens is 254 g/mol. The number of nitrogens with one attached hydrogen (secondary N) is 1. The molecule has 1 aliphatic rings. The first kappa shape index (κ1) is 13.3. The highest BCUT2D eigenvalue weighted by molar-refractivity contribution is 6.29. The molecule has 0 radical (unpaired) electrons. The monoisotopic (exact) mass is 269 g/mol. The van der Waals surface area contributed by atoms with Crippen molar-refractivity contribution >= 4 is 23.2 Å². The van der Waals surface area contributed by atoms with Gasteiger partial charge in [-0.3, -0.25) is 4.79 Å². The highest BCUT2D eigenvalue weighted by Gasteiger charge is 2.30. The Balaban J connectivity index is 1.99. The van der Waals surface area contributed by atoms with Crippen LogP contribution in [0.1, 0.15) is 18.5 Å². The van der Waals surface area contributed by atoms with Gasteiger partial charge in [0, 0.05) is 6.54 Å². The summed E-state index contributed by atoms with van der Waals surface area (Å²) in [4.78, 5) is 16.0. The number of hydrogen-bond donors (Lipinski definition) is 2. The predicted molar refractivity (Wildman–Crippen MR) is 69.6 cm³/mol. The molecule has 1 amide bonds. The molecule has 2 heterocycles. The maximum Gasteiger partial charge on any atom is 0.253 e. The van der Waals surface area contributed by atoms with Crippen LogP contribution in [-0.2, 0) is 9.53 Å². The first-order valence-corrected chi connectivity index (χ1v) is 6.27. The topological polar surface area (TPSA) is 77.2 Å². The highest BCUT2D eigenvalue weighted by Crippen LogP contribution is 2.21. The van der Waals surface area contributed by atoms with E-state index in [9.17, 15) is 4.79 Å². The molecule has 1 aliphatic heterocycles. The van der Waals surface area contributed by atoms with Crippen LogP contribution >= 0.6 is 11.6 Å². The molecule has 2 atom stereocenters. The van der Waals surface area contributed by atoms with E-state index in [0.717, 1.165) is 6.42 Å². The second-order valence-corrected chi connectivity index (χ2v) is 4.70. The average molecular weight is 270 g/mol. The van der Waals surface area contributed by atoms with Crippen molar-refractivity contribution in [2.45, 2.75) is 32.0 Å². The maximum absolute atomic E-state index is 12.0. The molecule has 5 nitrogen and oxygen atoms in total. The third kappa shape index (κ3) is 2.98. The van der Waals surface area contributed by atoms with Crippen LogP contribution in [0.4, 0.5) is 5.69 Å². The van der Waals surface area contributed by atoms with Gasteiger partial charge in [0.15, 0.2) is 0 Å². The van der Waals surface area contributed by atoms with Crippen LogP contribution in [-0.4, -0.2) is 29.6 Å². The van der Waals surface area contributed by atoms with E-state index in [2.05, 4.69) is 10.3 Å². The standard InChI is InChI=1S/C12H16ClN3O2/c1-7-9(3-5-11(13)15-7)16-12(17)10-4-2-8(6-14)18-10/h3,5,8,10H,2,4,6,14H2,1H3,(H,16,17). The third-order valence-electron chi connectivity index (χ3n) is 2.97. The Kier molecular flexibility index (Phi) is 4.16. The number of ether oxygens (including phenoxy) is 1. The fourth-order valence-corrected chi connectivity index (χ4v) is 2.14. The Morgan fingerprint density at radius 2 is 2.39 bits per heavy atom. The Labute approximate surface area is 111 Å². The molecule has 0 aliphatic carbocycles. The summed E-state index contributed by atoms with van der Waals surface area (Å²) in [6.07, 6.45) is 1.10. The number of anilines is 1. The first-order valence-electron chi connectivity index (χ1n) is 5.89. The van der Waals surface area contributed by atoms with Crippen LogP contribution in [0.15, 0.2) is 12.1 Å². The second kappa shape index (κ2) is 5.65. The second-order valence-electron chi connectivity index (χ2n) is 4.32. The van der Waals surface area contributed by atoms with Crippen molar-refractivity contribution < 1.29 is 9.53 Å². The molecule has 6 heteroatoms. The van der Waals surface area contributed by atoms with Gasteiger partial charge < -0.3 is 15.8 Å². The van der Waals surface area contributed by atoms with E-state index in [1.807, 2.05) is 0 Å². The fourth-order valence-electron chi connectivity index (χ4n) is 1.95. The maximum atomic E-state index is 12.0. The van der Waals surface area contributed by atoms with Crippen molar-refractivity contribution in [2.24, 2.45) is 5.73 Å². The summed E-state index contributed by atoms with van der Waals surface area (Å²) < 4.78 is 5.52. The molecule has 1 aromatic heterocycles. The van der Waals surface area contributed by atoms with Crippen LogP contribution in [0.3, 0.4) is 0 Å².